The van der Waals surface area contributed by atoms with E-state index in [4.69, 9.17) is 10.5 Å². The number of carbonyl (C=O) groups is 2. The van der Waals surface area contributed by atoms with Gasteiger partial charge in [0.25, 0.3) is 0 Å². The number of alkyl carbamates (subject to hydrolysis) is 1. The lowest BCUT2D eigenvalue weighted by Crippen LogP contribution is -2.41. The number of primary amides is 1. The normalized spacial score (nSPS) is 24.4. The van der Waals surface area contributed by atoms with Gasteiger partial charge in [0.2, 0.25) is 5.91 Å². The lowest BCUT2D eigenvalue weighted by atomic mass is 9.81. The molecule has 2 amide bonds. The van der Waals surface area contributed by atoms with Crippen LogP contribution in [-0.2, 0) is 9.53 Å². The van der Waals surface area contributed by atoms with Crippen LogP contribution in [-0.4, -0.2) is 24.1 Å². The highest BCUT2D eigenvalue weighted by Gasteiger charge is 2.26. The van der Waals surface area contributed by atoms with E-state index in [1.54, 1.807) is 0 Å². The Balaban J connectivity index is 2.31. The van der Waals surface area contributed by atoms with Gasteiger partial charge in [0.15, 0.2) is 0 Å². The molecule has 0 aliphatic heterocycles. The van der Waals surface area contributed by atoms with Crippen LogP contribution in [0.3, 0.4) is 0 Å². The van der Waals surface area contributed by atoms with Gasteiger partial charge in [-0.3, -0.25) is 4.79 Å². The van der Waals surface area contributed by atoms with Gasteiger partial charge in [-0.05, 0) is 46.0 Å². The first-order valence-corrected chi connectivity index (χ1v) is 6.52. The molecule has 5 heteroatoms. The molecule has 1 saturated carbocycles. The van der Waals surface area contributed by atoms with Crippen molar-refractivity contribution in [3.8, 4) is 0 Å². The predicted molar refractivity (Wildman–Crippen MR) is 68.9 cm³/mol. The van der Waals surface area contributed by atoms with Crippen LogP contribution in [0, 0.1) is 11.8 Å². The first-order valence-electron chi connectivity index (χ1n) is 6.52. The van der Waals surface area contributed by atoms with E-state index in [9.17, 15) is 9.59 Å². The van der Waals surface area contributed by atoms with Gasteiger partial charge in [-0.15, -0.1) is 0 Å². The van der Waals surface area contributed by atoms with Gasteiger partial charge < -0.3 is 15.8 Å². The van der Waals surface area contributed by atoms with Crippen molar-refractivity contribution >= 4 is 12.0 Å². The fourth-order valence-electron chi connectivity index (χ4n) is 2.24. The highest BCUT2D eigenvalue weighted by atomic mass is 16.5. The SMILES string of the molecule is CC(C)(C)NC(=O)OCC1CCCC(C(N)=O)C1. The maximum absolute atomic E-state index is 11.5. The maximum atomic E-state index is 11.5. The van der Waals surface area contributed by atoms with Gasteiger partial charge in [0, 0.05) is 11.5 Å². The summed E-state index contributed by atoms with van der Waals surface area (Å²) in [5.74, 6) is -0.0427. The Morgan fingerprint density at radius 1 is 1.33 bits per heavy atom. The number of ether oxygens (including phenoxy) is 1. The molecule has 3 N–H and O–H groups in total. The smallest absolute Gasteiger partial charge is 0.407 e. The van der Waals surface area contributed by atoms with E-state index in [-0.39, 0.29) is 23.3 Å². The van der Waals surface area contributed by atoms with Crippen LogP contribution < -0.4 is 11.1 Å². The summed E-state index contributed by atoms with van der Waals surface area (Å²) in [6, 6.07) is 0. The fraction of sp³-hybridized carbons (Fsp3) is 0.846. The van der Waals surface area contributed by atoms with Crippen molar-refractivity contribution in [3.63, 3.8) is 0 Å². The molecule has 0 aromatic carbocycles. The summed E-state index contributed by atoms with van der Waals surface area (Å²) >= 11 is 0. The molecule has 1 rings (SSSR count). The molecule has 0 aromatic heterocycles. The third-order valence-electron chi connectivity index (χ3n) is 3.11. The number of amides is 2. The molecule has 1 aliphatic carbocycles. The number of hydrogen-bond acceptors (Lipinski definition) is 3. The lowest BCUT2D eigenvalue weighted by molar-refractivity contribution is -0.123. The van der Waals surface area contributed by atoms with Crippen LogP contribution in [0.25, 0.3) is 0 Å². The third-order valence-corrected chi connectivity index (χ3v) is 3.11. The zero-order chi connectivity index (χ0) is 13.8. The van der Waals surface area contributed by atoms with Gasteiger partial charge >= 0.3 is 6.09 Å². The van der Waals surface area contributed by atoms with Crippen LogP contribution in [0.4, 0.5) is 4.79 Å². The number of carbonyl (C=O) groups excluding carboxylic acids is 2. The molecule has 0 heterocycles. The summed E-state index contributed by atoms with van der Waals surface area (Å²) in [5, 5.41) is 2.74. The highest BCUT2D eigenvalue weighted by molar-refractivity contribution is 5.76. The molecular formula is C13H24N2O3. The van der Waals surface area contributed by atoms with Gasteiger partial charge in [-0.2, -0.15) is 0 Å². The molecule has 0 spiro atoms. The molecule has 0 bridgehead atoms. The van der Waals surface area contributed by atoms with Crippen molar-refractivity contribution in [2.75, 3.05) is 6.61 Å². The highest BCUT2D eigenvalue weighted by Crippen LogP contribution is 2.28. The molecule has 1 fully saturated rings. The van der Waals surface area contributed by atoms with Crippen LogP contribution in [0.5, 0.6) is 0 Å². The quantitative estimate of drug-likeness (QED) is 0.808. The first kappa shape index (κ1) is 14.8. The summed E-state index contributed by atoms with van der Waals surface area (Å²) in [5.41, 5.74) is 5.02. The molecule has 104 valence electrons. The molecule has 18 heavy (non-hydrogen) atoms. The molecule has 5 nitrogen and oxygen atoms in total. The Morgan fingerprint density at radius 2 is 2.00 bits per heavy atom. The van der Waals surface area contributed by atoms with Crippen LogP contribution in [0.15, 0.2) is 0 Å². The van der Waals surface area contributed by atoms with E-state index in [1.807, 2.05) is 20.8 Å². The summed E-state index contributed by atoms with van der Waals surface area (Å²) in [6.45, 7) is 6.07. The van der Waals surface area contributed by atoms with Crippen molar-refractivity contribution in [2.24, 2.45) is 17.6 Å². The number of rotatable bonds is 3. The van der Waals surface area contributed by atoms with Crippen molar-refractivity contribution in [3.05, 3.63) is 0 Å². The topological polar surface area (TPSA) is 81.4 Å². The van der Waals surface area contributed by atoms with E-state index in [2.05, 4.69) is 5.32 Å². The van der Waals surface area contributed by atoms with Crippen LogP contribution in [0.2, 0.25) is 0 Å². The maximum Gasteiger partial charge on any atom is 0.407 e. The Bertz CT molecular complexity index is 310. The molecule has 0 saturated heterocycles. The van der Waals surface area contributed by atoms with Crippen LogP contribution >= 0.6 is 0 Å². The second-order valence-electron chi connectivity index (χ2n) is 6.11. The molecule has 2 atom stereocenters. The van der Waals surface area contributed by atoms with Crippen molar-refractivity contribution in [2.45, 2.75) is 52.0 Å². The average molecular weight is 256 g/mol. The van der Waals surface area contributed by atoms with E-state index in [0.29, 0.717) is 6.61 Å². The molecule has 2 unspecified atom stereocenters. The molecule has 0 aromatic rings. The van der Waals surface area contributed by atoms with Crippen molar-refractivity contribution in [1.29, 1.82) is 0 Å². The number of hydrogen-bond donors (Lipinski definition) is 2. The second-order valence-corrected chi connectivity index (χ2v) is 6.11. The third kappa shape index (κ3) is 5.38. The van der Waals surface area contributed by atoms with Crippen LogP contribution in [0.1, 0.15) is 46.5 Å². The Labute approximate surface area is 108 Å². The zero-order valence-corrected chi connectivity index (χ0v) is 11.5. The van der Waals surface area contributed by atoms with E-state index < -0.39 is 6.09 Å². The zero-order valence-electron chi connectivity index (χ0n) is 11.5. The summed E-state index contributed by atoms with van der Waals surface area (Å²) in [6.07, 6.45) is 3.16. The summed E-state index contributed by atoms with van der Waals surface area (Å²) in [7, 11) is 0. The van der Waals surface area contributed by atoms with E-state index in [0.717, 1.165) is 25.7 Å². The largest absolute Gasteiger partial charge is 0.449 e. The van der Waals surface area contributed by atoms with Gasteiger partial charge in [0.05, 0.1) is 6.61 Å². The molecule has 0 radical (unpaired) electrons. The van der Waals surface area contributed by atoms with Gasteiger partial charge in [-0.25, -0.2) is 4.79 Å². The van der Waals surface area contributed by atoms with Gasteiger partial charge in [-0.1, -0.05) is 6.42 Å². The number of nitrogens with one attached hydrogen (secondary N) is 1. The first-order chi connectivity index (χ1) is 8.28. The van der Waals surface area contributed by atoms with Crippen molar-refractivity contribution in [1.82, 2.24) is 5.32 Å². The summed E-state index contributed by atoms with van der Waals surface area (Å²) in [4.78, 5) is 22.6. The minimum absolute atomic E-state index is 0.0574. The van der Waals surface area contributed by atoms with E-state index in [1.165, 1.54) is 0 Å². The van der Waals surface area contributed by atoms with E-state index >= 15 is 0 Å². The molecule has 1 aliphatic rings. The fourth-order valence-corrected chi connectivity index (χ4v) is 2.24. The Hall–Kier alpha value is -1.26. The standard InChI is InChI=1S/C13H24N2O3/c1-13(2,3)15-12(17)18-8-9-5-4-6-10(7-9)11(14)16/h9-10H,4-8H2,1-3H3,(H2,14,16)(H,15,17). The average Bonchev–Trinajstić information content (AvgIpc) is 2.24. The predicted octanol–water partition coefficient (Wildman–Crippen LogP) is 1.80. The summed E-state index contributed by atoms with van der Waals surface area (Å²) < 4.78 is 5.18. The van der Waals surface area contributed by atoms with Crippen molar-refractivity contribution < 1.29 is 14.3 Å². The minimum atomic E-state index is -0.399. The second kappa shape index (κ2) is 6.07. The lowest BCUT2D eigenvalue weighted by Gasteiger charge is -2.27. The molecular weight excluding hydrogens is 232 g/mol. The van der Waals surface area contributed by atoms with Gasteiger partial charge in [0.1, 0.15) is 0 Å². The Morgan fingerprint density at radius 3 is 2.56 bits per heavy atom. The monoisotopic (exact) mass is 256 g/mol. The Kier molecular flexibility index (Phi) is 4.99. The number of nitrogens with two attached hydrogens (primary N) is 1. The minimum Gasteiger partial charge on any atom is -0.449 e.